The number of aromatic nitrogens is 1. The second kappa shape index (κ2) is 6.23. The summed E-state index contributed by atoms with van der Waals surface area (Å²) < 4.78 is 24.7. The number of primary sulfonamides is 1. The number of benzene rings is 2. The van der Waals surface area contributed by atoms with Crippen molar-refractivity contribution in [2.24, 2.45) is 5.14 Å². The van der Waals surface area contributed by atoms with Gasteiger partial charge in [-0.25, -0.2) is 13.6 Å². The van der Waals surface area contributed by atoms with Crippen LogP contribution >= 0.6 is 11.8 Å². The lowest BCUT2D eigenvalue weighted by atomic mass is 10.1. The molecule has 0 saturated carbocycles. The van der Waals surface area contributed by atoms with Crippen molar-refractivity contribution in [1.29, 1.82) is 0 Å². The lowest BCUT2D eigenvalue weighted by Crippen LogP contribution is -2.12. The largest absolute Gasteiger partial charge is 0.317 e. The molecule has 0 fully saturated rings. The Bertz CT molecular complexity index is 912. The Hall–Kier alpha value is -2.02. The molecule has 4 nitrogen and oxygen atoms in total. The van der Waals surface area contributed by atoms with Crippen LogP contribution in [0.5, 0.6) is 0 Å². The van der Waals surface area contributed by atoms with E-state index in [9.17, 15) is 8.42 Å². The summed E-state index contributed by atoms with van der Waals surface area (Å²) >= 11 is 1.70. The fourth-order valence-electron chi connectivity index (χ4n) is 2.40. The van der Waals surface area contributed by atoms with Crippen molar-refractivity contribution in [3.05, 3.63) is 66.9 Å². The molecule has 0 spiro atoms. The third-order valence-electron chi connectivity index (χ3n) is 3.58. The minimum Gasteiger partial charge on any atom is -0.317 e. The quantitative estimate of drug-likeness (QED) is 0.737. The van der Waals surface area contributed by atoms with E-state index in [-0.39, 0.29) is 4.90 Å². The molecule has 2 N–H and O–H groups in total. The van der Waals surface area contributed by atoms with Crippen molar-refractivity contribution in [1.82, 2.24) is 4.57 Å². The molecule has 0 bridgehead atoms. The maximum atomic E-state index is 11.3. The highest BCUT2D eigenvalue weighted by Gasteiger charge is 2.09. The van der Waals surface area contributed by atoms with Gasteiger partial charge < -0.3 is 4.57 Å². The van der Waals surface area contributed by atoms with Gasteiger partial charge in [-0.15, -0.1) is 11.8 Å². The number of rotatable bonds is 4. The van der Waals surface area contributed by atoms with Gasteiger partial charge in [-0.05, 0) is 60.4 Å². The maximum Gasteiger partial charge on any atom is 0.238 e. The molecule has 3 rings (SSSR count). The number of thioether (sulfide) groups is 1. The molecule has 0 atom stereocenters. The van der Waals surface area contributed by atoms with Gasteiger partial charge in [-0.1, -0.05) is 12.1 Å². The molecule has 0 saturated heterocycles. The lowest BCUT2D eigenvalue weighted by Gasteiger charge is -2.10. The van der Waals surface area contributed by atoms with Crippen LogP contribution in [-0.2, 0) is 10.0 Å². The summed E-state index contributed by atoms with van der Waals surface area (Å²) in [7, 11) is -3.67. The second-order valence-electron chi connectivity index (χ2n) is 5.03. The summed E-state index contributed by atoms with van der Waals surface area (Å²) in [5, 5.41) is 5.14. The number of nitrogens with two attached hydrogens (primary N) is 1. The normalized spacial score (nSPS) is 11.6. The van der Waals surface area contributed by atoms with E-state index in [2.05, 4.69) is 24.3 Å². The predicted octanol–water partition coefficient (Wildman–Crippen LogP) is 3.51. The van der Waals surface area contributed by atoms with E-state index in [1.165, 1.54) is 17.0 Å². The van der Waals surface area contributed by atoms with Gasteiger partial charge in [0, 0.05) is 16.8 Å². The number of sulfonamides is 1. The smallest absolute Gasteiger partial charge is 0.238 e. The molecule has 2 aromatic carbocycles. The highest BCUT2D eigenvalue weighted by Crippen LogP contribution is 2.26. The molecule has 118 valence electrons. The topological polar surface area (TPSA) is 65.1 Å². The molecular weight excluding hydrogens is 328 g/mol. The first-order chi connectivity index (χ1) is 11.0. The molecule has 3 aromatic rings. The molecule has 0 aliphatic rings. The summed E-state index contributed by atoms with van der Waals surface area (Å²) in [6.07, 6.45) is 3.99. The van der Waals surface area contributed by atoms with Crippen LogP contribution in [0.1, 0.15) is 0 Å². The van der Waals surface area contributed by atoms with Gasteiger partial charge >= 0.3 is 0 Å². The Balaban J connectivity index is 2.00. The van der Waals surface area contributed by atoms with E-state index < -0.39 is 10.0 Å². The fraction of sp³-hybridized carbons (Fsp3) is 0.0588. The number of hydrogen-bond donors (Lipinski definition) is 1. The monoisotopic (exact) mass is 344 g/mol. The van der Waals surface area contributed by atoms with Crippen LogP contribution in [0.15, 0.2) is 76.7 Å². The van der Waals surface area contributed by atoms with Gasteiger partial charge in [0.2, 0.25) is 10.0 Å². The molecule has 0 aliphatic carbocycles. The van der Waals surface area contributed by atoms with Crippen LogP contribution < -0.4 is 5.14 Å². The van der Waals surface area contributed by atoms with E-state index in [0.717, 1.165) is 16.9 Å². The van der Waals surface area contributed by atoms with Crippen LogP contribution in [0.4, 0.5) is 0 Å². The van der Waals surface area contributed by atoms with Crippen LogP contribution in [0.3, 0.4) is 0 Å². The fourth-order valence-corrected chi connectivity index (χ4v) is 3.32. The average molecular weight is 344 g/mol. The summed E-state index contributed by atoms with van der Waals surface area (Å²) in [6.45, 7) is 0. The van der Waals surface area contributed by atoms with Gasteiger partial charge in [-0.2, -0.15) is 0 Å². The zero-order valence-electron chi connectivity index (χ0n) is 12.5. The zero-order valence-corrected chi connectivity index (χ0v) is 14.1. The molecule has 0 unspecified atom stereocenters. The summed E-state index contributed by atoms with van der Waals surface area (Å²) in [5.74, 6) is 0. The molecule has 1 heterocycles. The Morgan fingerprint density at radius 1 is 0.957 bits per heavy atom. The third-order valence-corrected chi connectivity index (χ3v) is 5.25. The van der Waals surface area contributed by atoms with Crippen molar-refractivity contribution in [3.8, 4) is 16.9 Å². The minimum absolute atomic E-state index is 0.110. The standard InChI is InChI=1S/C17H16N2O2S2/c1-22-15-8-4-13(5-9-15)17-3-2-12-19(17)14-6-10-16(11-7-14)23(18,20)21/h2-12H,1H3,(H2,18,20,21). The molecule has 0 amide bonds. The highest BCUT2D eigenvalue weighted by atomic mass is 32.2. The summed E-state index contributed by atoms with van der Waals surface area (Å²) in [6, 6.07) is 18.9. The summed E-state index contributed by atoms with van der Waals surface area (Å²) in [4.78, 5) is 1.32. The highest BCUT2D eigenvalue weighted by molar-refractivity contribution is 7.98. The molecule has 0 radical (unpaired) electrons. The third kappa shape index (κ3) is 3.34. The lowest BCUT2D eigenvalue weighted by molar-refractivity contribution is 0.598. The summed E-state index contributed by atoms with van der Waals surface area (Å²) in [5.41, 5.74) is 3.02. The average Bonchev–Trinajstić information content (AvgIpc) is 3.04. The van der Waals surface area contributed by atoms with Crippen LogP contribution in [0, 0.1) is 0 Å². The van der Waals surface area contributed by atoms with Crippen molar-refractivity contribution in [2.45, 2.75) is 9.79 Å². The van der Waals surface area contributed by atoms with Crippen molar-refractivity contribution in [2.75, 3.05) is 6.26 Å². The van der Waals surface area contributed by atoms with Crippen molar-refractivity contribution < 1.29 is 8.42 Å². The van der Waals surface area contributed by atoms with Gasteiger partial charge in [0.1, 0.15) is 0 Å². The minimum atomic E-state index is -3.67. The van der Waals surface area contributed by atoms with E-state index in [0.29, 0.717) is 0 Å². The predicted molar refractivity (Wildman–Crippen MR) is 94.4 cm³/mol. The Kier molecular flexibility index (Phi) is 4.30. The van der Waals surface area contributed by atoms with Gasteiger partial charge in [0.15, 0.2) is 0 Å². The van der Waals surface area contributed by atoms with E-state index in [1.54, 1.807) is 23.9 Å². The molecule has 6 heteroatoms. The van der Waals surface area contributed by atoms with E-state index in [1.807, 2.05) is 29.2 Å². The first-order valence-electron chi connectivity index (χ1n) is 6.94. The Morgan fingerprint density at radius 2 is 1.61 bits per heavy atom. The SMILES string of the molecule is CSc1ccc(-c2cccn2-c2ccc(S(N)(=O)=O)cc2)cc1. The van der Waals surface area contributed by atoms with Gasteiger partial charge in [0.05, 0.1) is 10.6 Å². The van der Waals surface area contributed by atoms with Crippen LogP contribution in [-0.4, -0.2) is 19.2 Å². The van der Waals surface area contributed by atoms with Crippen molar-refractivity contribution in [3.63, 3.8) is 0 Å². The second-order valence-corrected chi connectivity index (χ2v) is 7.47. The zero-order chi connectivity index (χ0) is 16.4. The molecule has 1 aromatic heterocycles. The van der Waals surface area contributed by atoms with Gasteiger partial charge in [0.25, 0.3) is 0 Å². The van der Waals surface area contributed by atoms with Crippen LogP contribution in [0.2, 0.25) is 0 Å². The van der Waals surface area contributed by atoms with Gasteiger partial charge in [-0.3, -0.25) is 0 Å². The maximum absolute atomic E-state index is 11.3. The van der Waals surface area contributed by atoms with E-state index >= 15 is 0 Å². The van der Waals surface area contributed by atoms with Crippen molar-refractivity contribution >= 4 is 21.8 Å². The number of hydrogen-bond acceptors (Lipinski definition) is 3. The van der Waals surface area contributed by atoms with Crippen LogP contribution in [0.25, 0.3) is 16.9 Å². The molecule has 23 heavy (non-hydrogen) atoms. The molecular formula is C17H16N2O2S2. The van der Waals surface area contributed by atoms with E-state index in [4.69, 9.17) is 5.14 Å². The Morgan fingerprint density at radius 3 is 2.17 bits per heavy atom. The number of nitrogens with zero attached hydrogens (tertiary/aromatic N) is 1. The first-order valence-corrected chi connectivity index (χ1v) is 9.71. The Labute approximate surface area is 140 Å². The first kappa shape index (κ1) is 15.9. The molecule has 0 aliphatic heterocycles.